The fourth-order valence-corrected chi connectivity index (χ4v) is 3.74. The minimum atomic E-state index is 0.245. The van der Waals surface area contributed by atoms with Crippen LogP contribution in [0.3, 0.4) is 0 Å². The third-order valence-electron chi connectivity index (χ3n) is 5.42. The molecule has 0 aliphatic carbocycles. The first-order valence-electron chi connectivity index (χ1n) is 11.5. The highest BCUT2D eigenvalue weighted by atomic mass is 16.3. The van der Waals surface area contributed by atoms with E-state index in [9.17, 15) is 5.11 Å². The van der Waals surface area contributed by atoms with Crippen LogP contribution in [0.2, 0.25) is 0 Å². The molecule has 0 aromatic rings. The number of unbranched alkanes of at least 4 members (excludes halogenated alkanes) is 14. The lowest BCUT2D eigenvalue weighted by Gasteiger charge is -2.05. The summed E-state index contributed by atoms with van der Waals surface area (Å²) in [6.07, 6.45) is 26.1. The number of aliphatic hydroxyl groups excluding tert-OH is 1. The highest BCUT2D eigenvalue weighted by Crippen LogP contribution is 2.14. The van der Waals surface area contributed by atoms with Crippen molar-refractivity contribution in [1.82, 2.24) is 5.32 Å². The lowest BCUT2D eigenvalue weighted by Crippen LogP contribution is -2.11. The predicted octanol–water partition coefficient (Wildman–Crippen LogP) is 5.77. The second-order valence-corrected chi connectivity index (χ2v) is 7.83. The minimum Gasteiger partial charge on any atom is -0.396 e. The molecule has 0 atom stereocenters. The Kier molecular flexibility index (Phi) is 15.7. The molecule has 2 N–H and O–H groups in total. The molecular formula is C23H45N2O+. The number of aliphatic hydroxyl groups is 1. The second-order valence-electron chi connectivity index (χ2n) is 7.83. The molecule has 0 saturated carbocycles. The van der Waals surface area contributed by atoms with Gasteiger partial charge in [0.15, 0.2) is 0 Å². The maximum absolute atomic E-state index is 9.22. The van der Waals surface area contributed by atoms with Crippen molar-refractivity contribution >= 4 is 6.34 Å². The Bertz CT molecular complexity index is 376. The Morgan fingerprint density at radius 1 is 0.885 bits per heavy atom. The van der Waals surface area contributed by atoms with Crippen molar-refractivity contribution in [3.8, 4) is 0 Å². The Morgan fingerprint density at radius 2 is 1.42 bits per heavy atom. The summed E-state index contributed by atoms with van der Waals surface area (Å²) in [7, 11) is 0. The molecule has 26 heavy (non-hydrogen) atoms. The molecule has 1 aliphatic rings. The van der Waals surface area contributed by atoms with Crippen molar-refractivity contribution in [3.63, 3.8) is 0 Å². The molecule has 0 spiro atoms. The summed E-state index contributed by atoms with van der Waals surface area (Å²) in [5, 5.41) is 12.5. The summed E-state index contributed by atoms with van der Waals surface area (Å²) < 4.78 is 2.25. The van der Waals surface area contributed by atoms with Gasteiger partial charge in [0, 0.05) is 6.42 Å². The fourth-order valence-electron chi connectivity index (χ4n) is 3.74. The molecule has 0 aromatic carbocycles. The van der Waals surface area contributed by atoms with Crippen molar-refractivity contribution in [1.29, 1.82) is 0 Å². The Labute approximate surface area is 163 Å². The van der Waals surface area contributed by atoms with Gasteiger partial charge >= 0.3 is 0 Å². The third kappa shape index (κ3) is 12.5. The first kappa shape index (κ1) is 23.2. The predicted molar refractivity (Wildman–Crippen MR) is 114 cm³/mol. The molecule has 0 bridgehead atoms. The monoisotopic (exact) mass is 365 g/mol. The van der Waals surface area contributed by atoms with E-state index in [1.54, 1.807) is 0 Å². The van der Waals surface area contributed by atoms with Crippen LogP contribution in [-0.4, -0.2) is 35.7 Å². The van der Waals surface area contributed by atoms with Gasteiger partial charge in [0.2, 0.25) is 6.34 Å². The van der Waals surface area contributed by atoms with Gasteiger partial charge in [-0.05, 0) is 18.9 Å². The van der Waals surface area contributed by atoms with Gasteiger partial charge in [-0.15, -0.1) is 0 Å². The number of nitrogens with zero attached hydrogens (tertiary/aromatic N) is 1. The second kappa shape index (κ2) is 17.6. The standard InChI is InChI=1S/C23H44N2O/c1-2-3-4-5-6-7-8-9-10-11-12-13-14-15-16-17-23(18-21-26)25-20-19-24-22-25/h17,22,26H,2-16,18-21H2,1H3/p+1. The summed E-state index contributed by atoms with van der Waals surface area (Å²) >= 11 is 0. The molecule has 0 fully saturated rings. The Hall–Kier alpha value is -0.830. The normalized spacial score (nSPS) is 14.5. The van der Waals surface area contributed by atoms with Crippen LogP contribution < -0.4 is 5.32 Å². The topological polar surface area (TPSA) is 35.3 Å². The molecule has 0 saturated heterocycles. The van der Waals surface area contributed by atoms with E-state index in [-0.39, 0.29) is 6.61 Å². The van der Waals surface area contributed by atoms with E-state index < -0.39 is 0 Å². The quantitative estimate of drug-likeness (QED) is 0.239. The molecule has 0 unspecified atom stereocenters. The first-order chi connectivity index (χ1) is 12.9. The Balaban J connectivity index is 1.87. The highest BCUT2D eigenvalue weighted by molar-refractivity contribution is 5.50. The molecule has 0 amide bonds. The molecule has 1 heterocycles. The van der Waals surface area contributed by atoms with Gasteiger partial charge in [-0.2, -0.15) is 0 Å². The largest absolute Gasteiger partial charge is 0.396 e. The van der Waals surface area contributed by atoms with Gasteiger partial charge < -0.3 is 5.11 Å². The van der Waals surface area contributed by atoms with Crippen LogP contribution in [0.5, 0.6) is 0 Å². The van der Waals surface area contributed by atoms with Crippen LogP contribution >= 0.6 is 0 Å². The van der Waals surface area contributed by atoms with Crippen molar-refractivity contribution in [3.05, 3.63) is 11.8 Å². The fraction of sp³-hybridized carbons (Fsp3) is 0.870. The molecule has 0 aromatic heterocycles. The summed E-state index contributed by atoms with van der Waals surface area (Å²) in [6.45, 7) is 4.58. The van der Waals surface area contributed by atoms with Gasteiger partial charge in [0.05, 0.1) is 6.61 Å². The molecule has 0 radical (unpaired) electrons. The molecular weight excluding hydrogens is 320 g/mol. The lowest BCUT2D eigenvalue weighted by atomic mass is 10.0. The molecule has 3 nitrogen and oxygen atoms in total. The zero-order valence-corrected chi connectivity index (χ0v) is 17.5. The van der Waals surface area contributed by atoms with Crippen LogP contribution in [0.4, 0.5) is 0 Å². The zero-order chi connectivity index (χ0) is 18.7. The van der Waals surface area contributed by atoms with E-state index in [0.717, 1.165) is 25.9 Å². The van der Waals surface area contributed by atoms with Gasteiger partial charge in [0.1, 0.15) is 18.8 Å². The summed E-state index contributed by atoms with van der Waals surface area (Å²) in [5.41, 5.74) is 1.28. The first-order valence-corrected chi connectivity index (χ1v) is 11.5. The van der Waals surface area contributed by atoms with Crippen molar-refractivity contribution < 1.29 is 9.68 Å². The van der Waals surface area contributed by atoms with Gasteiger partial charge in [-0.3, -0.25) is 5.32 Å². The Morgan fingerprint density at radius 3 is 1.88 bits per heavy atom. The number of hydrogen-bond donors (Lipinski definition) is 2. The lowest BCUT2D eigenvalue weighted by molar-refractivity contribution is -0.465. The van der Waals surface area contributed by atoms with Crippen LogP contribution in [0.15, 0.2) is 11.8 Å². The summed E-state index contributed by atoms with van der Waals surface area (Å²) in [5.74, 6) is 0. The number of hydrogen-bond acceptors (Lipinski definition) is 2. The molecule has 1 rings (SSSR count). The van der Waals surface area contributed by atoms with E-state index >= 15 is 0 Å². The maximum atomic E-state index is 9.22. The van der Waals surface area contributed by atoms with Crippen LogP contribution in [0.1, 0.15) is 110 Å². The van der Waals surface area contributed by atoms with E-state index in [0.29, 0.717) is 0 Å². The average Bonchev–Trinajstić information content (AvgIpc) is 3.18. The van der Waals surface area contributed by atoms with Crippen molar-refractivity contribution in [2.24, 2.45) is 0 Å². The molecule has 3 heteroatoms. The van der Waals surface area contributed by atoms with E-state index in [1.165, 1.54) is 95.6 Å². The highest BCUT2D eigenvalue weighted by Gasteiger charge is 2.13. The van der Waals surface area contributed by atoms with Crippen LogP contribution in [0, 0.1) is 0 Å². The summed E-state index contributed by atoms with van der Waals surface area (Å²) in [4.78, 5) is 0. The van der Waals surface area contributed by atoms with E-state index in [4.69, 9.17) is 0 Å². The number of rotatable bonds is 18. The minimum absolute atomic E-state index is 0.245. The molecule has 152 valence electrons. The third-order valence-corrected chi connectivity index (χ3v) is 5.42. The smallest absolute Gasteiger partial charge is 0.237 e. The van der Waals surface area contributed by atoms with Gasteiger partial charge in [-0.25, -0.2) is 4.58 Å². The van der Waals surface area contributed by atoms with Crippen LogP contribution in [0.25, 0.3) is 0 Å². The van der Waals surface area contributed by atoms with Gasteiger partial charge in [-0.1, -0.05) is 90.4 Å². The zero-order valence-electron chi connectivity index (χ0n) is 17.5. The SMILES string of the molecule is CCCCCCCCCCCCCCCCC=C(CCO)[N+]1=CNCC1. The van der Waals surface area contributed by atoms with E-state index in [2.05, 4.69) is 22.9 Å². The maximum Gasteiger partial charge on any atom is 0.237 e. The van der Waals surface area contributed by atoms with Crippen molar-refractivity contribution in [2.45, 2.75) is 110 Å². The number of allylic oxidation sites excluding steroid dienone is 1. The van der Waals surface area contributed by atoms with Crippen LogP contribution in [-0.2, 0) is 0 Å². The van der Waals surface area contributed by atoms with Gasteiger partial charge in [0.25, 0.3) is 0 Å². The average molecular weight is 366 g/mol. The molecule has 1 aliphatic heterocycles. The summed E-state index contributed by atoms with van der Waals surface area (Å²) in [6, 6.07) is 0. The van der Waals surface area contributed by atoms with E-state index in [1.807, 2.05) is 6.34 Å². The van der Waals surface area contributed by atoms with Crippen molar-refractivity contribution in [2.75, 3.05) is 19.7 Å². The number of nitrogens with one attached hydrogen (secondary N) is 1.